The van der Waals surface area contributed by atoms with Crippen LogP contribution in [0.2, 0.25) is 5.02 Å². The maximum atomic E-state index is 12.4. The molecule has 0 aliphatic carbocycles. The van der Waals surface area contributed by atoms with Crippen molar-refractivity contribution >= 4 is 39.7 Å². The van der Waals surface area contributed by atoms with Gasteiger partial charge in [0.2, 0.25) is 0 Å². The third-order valence-electron chi connectivity index (χ3n) is 5.51. The van der Waals surface area contributed by atoms with Crippen LogP contribution in [0.25, 0.3) is 10.9 Å². The Hall–Kier alpha value is -2.67. The second-order valence-electron chi connectivity index (χ2n) is 8.68. The molecule has 33 heavy (non-hydrogen) atoms. The predicted molar refractivity (Wildman–Crippen MR) is 137 cm³/mol. The summed E-state index contributed by atoms with van der Waals surface area (Å²) in [6.07, 6.45) is 3.02. The minimum absolute atomic E-state index is 0.103. The van der Waals surface area contributed by atoms with Gasteiger partial charge >= 0.3 is 0 Å². The monoisotopic (exact) mass is 480 g/mol. The highest BCUT2D eigenvalue weighted by atomic mass is 35.5. The number of nitrogens with one attached hydrogen (secondary N) is 2. The third-order valence-corrected chi connectivity index (χ3v) is 6.59. The second kappa shape index (κ2) is 11.0. The number of nitrogens with zero attached hydrogens (tertiary/aromatic N) is 2. The van der Waals surface area contributed by atoms with Gasteiger partial charge < -0.3 is 10.3 Å². The van der Waals surface area contributed by atoms with E-state index >= 15 is 0 Å². The van der Waals surface area contributed by atoms with Crippen LogP contribution in [0.15, 0.2) is 60.1 Å². The fourth-order valence-corrected chi connectivity index (χ4v) is 4.69. The number of amides is 1. The average molecular weight is 481 g/mol. The summed E-state index contributed by atoms with van der Waals surface area (Å²) < 4.78 is 0. The molecule has 0 aliphatic rings. The summed E-state index contributed by atoms with van der Waals surface area (Å²) in [5, 5.41) is 7.74. The Labute approximate surface area is 203 Å². The van der Waals surface area contributed by atoms with E-state index in [9.17, 15) is 4.79 Å². The molecule has 2 aromatic heterocycles. The van der Waals surface area contributed by atoms with Crippen LogP contribution in [0.5, 0.6) is 0 Å². The molecule has 4 aromatic rings. The number of fused-ring (bicyclic) bond motifs is 1. The van der Waals surface area contributed by atoms with E-state index in [0.717, 1.165) is 35.1 Å². The van der Waals surface area contributed by atoms with Crippen molar-refractivity contribution < 1.29 is 4.79 Å². The zero-order valence-electron chi connectivity index (χ0n) is 19.0. The number of para-hydroxylation sites is 1. The number of thiazole rings is 1. The molecule has 0 fully saturated rings. The molecule has 2 aromatic carbocycles. The van der Waals surface area contributed by atoms with Crippen molar-refractivity contribution in [3.8, 4) is 0 Å². The number of carbonyl (C=O) groups excluding carboxylic acids is 1. The Morgan fingerprint density at radius 1 is 1.15 bits per heavy atom. The van der Waals surface area contributed by atoms with Gasteiger partial charge in [0, 0.05) is 47.1 Å². The van der Waals surface area contributed by atoms with E-state index < -0.39 is 0 Å². The fraction of sp³-hybridized carbons (Fsp3) is 0.308. The van der Waals surface area contributed by atoms with E-state index in [2.05, 4.69) is 70.6 Å². The highest BCUT2D eigenvalue weighted by molar-refractivity contribution is 7.09. The van der Waals surface area contributed by atoms with E-state index in [4.69, 9.17) is 11.6 Å². The molecule has 1 amide bonds. The standard InChI is InChI=1S/C26H29ClN4OS/c1-18(2)13-29-26(32)24-17-33-25(30-24)16-31(15-19-7-9-21(27)10-8-19)12-11-20-14-28-23-6-4-3-5-22(20)23/h3-10,14,17-18,28H,11-13,15-16H2,1-2H3,(H,29,32). The molecular weight excluding hydrogens is 452 g/mol. The van der Waals surface area contributed by atoms with Gasteiger partial charge in [0.25, 0.3) is 5.91 Å². The van der Waals surface area contributed by atoms with E-state index in [1.54, 1.807) is 0 Å². The number of aromatic nitrogens is 2. The maximum Gasteiger partial charge on any atom is 0.270 e. The molecule has 172 valence electrons. The molecule has 2 N–H and O–H groups in total. The highest BCUT2D eigenvalue weighted by Crippen LogP contribution is 2.21. The molecule has 5 nitrogen and oxygen atoms in total. The molecule has 0 unspecified atom stereocenters. The van der Waals surface area contributed by atoms with Gasteiger partial charge in [-0.3, -0.25) is 9.69 Å². The lowest BCUT2D eigenvalue weighted by Gasteiger charge is -2.21. The number of rotatable bonds is 10. The minimum atomic E-state index is -0.103. The molecule has 0 radical (unpaired) electrons. The molecule has 2 heterocycles. The number of H-pyrrole nitrogens is 1. The van der Waals surface area contributed by atoms with Crippen LogP contribution in [0.1, 0.15) is 40.5 Å². The van der Waals surface area contributed by atoms with Crippen LogP contribution in [-0.2, 0) is 19.5 Å². The van der Waals surface area contributed by atoms with Gasteiger partial charge in [0.05, 0.1) is 6.54 Å². The molecule has 0 saturated carbocycles. The average Bonchev–Trinajstić information content (AvgIpc) is 3.44. The van der Waals surface area contributed by atoms with Gasteiger partial charge in [-0.25, -0.2) is 4.98 Å². The molecule has 0 spiro atoms. The highest BCUT2D eigenvalue weighted by Gasteiger charge is 2.15. The first-order valence-corrected chi connectivity index (χ1v) is 12.5. The van der Waals surface area contributed by atoms with Crippen molar-refractivity contribution in [1.82, 2.24) is 20.2 Å². The van der Waals surface area contributed by atoms with E-state index in [0.29, 0.717) is 24.7 Å². The Morgan fingerprint density at radius 3 is 2.73 bits per heavy atom. The van der Waals surface area contributed by atoms with Crippen LogP contribution < -0.4 is 5.32 Å². The van der Waals surface area contributed by atoms with Crippen LogP contribution in [-0.4, -0.2) is 33.9 Å². The summed E-state index contributed by atoms with van der Waals surface area (Å²) >= 11 is 7.61. The van der Waals surface area contributed by atoms with Crippen LogP contribution in [0.3, 0.4) is 0 Å². The molecule has 0 atom stereocenters. The smallest absolute Gasteiger partial charge is 0.270 e. The first kappa shape index (κ1) is 23.5. The van der Waals surface area contributed by atoms with Crippen molar-refractivity contribution in [2.45, 2.75) is 33.4 Å². The Bertz CT molecular complexity index is 1200. The first-order chi connectivity index (χ1) is 16.0. The number of aromatic amines is 1. The zero-order chi connectivity index (χ0) is 23.2. The summed E-state index contributed by atoms with van der Waals surface area (Å²) in [6.45, 7) is 7.16. The van der Waals surface area contributed by atoms with Crippen LogP contribution in [0.4, 0.5) is 0 Å². The van der Waals surface area contributed by atoms with Gasteiger partial charge in [0.15, 0.2) is 0 Å². The van der Waals surface area contributed by atoms with Crippen LogP contribution >= 0.6 is 22.9 Å². The number of hydrogen-bond donors (Lipinski definition) is 2. The summed E-state index contributed by atoms with van der Waals surface area (Å²) in [5.74, 6) is 0.306. The van der Waals surface area contributed by atoms with E-state index in [1.807, 2.05) is 23.6 Å². The second-order valence-corrected chi connectivity index (χ2v) is 10.1. The first-order valence-electron chi connectivity index (χ1n) is 11.2. The Morgan fingerprint density at radius 2 is 1.94 bits per heavy atom. The van der Waals surface area contributed by atoms with Crippen molar-refractivity contribution in [3.05, 3.63) is 87.0 Å². The number of hydrogen-bond acceptors (Lipinski definition) is 4. The maximum absolute atomic E-state index is 12.4. The number of carbonyl (C=O) groups is 1. The molecule has 0 bridgehead atoms. The lowest BCUT2D eigenvalue weighted by Crippen LogP contribution is -2.28. The van der Waals surface area contributed by atoms with Crippen molar-refractivity contribution in [3.63, 3.8) is 0 Å². The Kier molecular flexibility index (Phi) is 7.81. The fourth-order valence-electron chi connectivity index (χ4n) is 3.75. The summed E-state index contributed by atoms with van der Waals surface area (Å²) in [5.41, 5.74) is 4.16. The largest absolute Gasteiger partial charge is 0.361 e. The molecule has 0 saturated heterocycles. The lowest BCUT2D eigenvalue weighted by molar-refractivity contribution is 0.0944. The van der Waals surface area contributed by atoms with Crippen molar-refractivity contribution in [2.24, 2.45) is 5.92 Å². The quantitative estimate of drug-likeness (QED) is 0.296. The third kappa shape index (κ3) is 6.44. The SMILES string of the molecule is CC(C)CNC(=O)c1csc(CN(CCc2c[nH]c3ccccc23)Cc2ccc(Cl)cc2)n1. The van der Waals surface area contributed by atoms with Gasteiger partial charge in [-0.2, -0.15) is 0 Å². The van der Waals surface area contributed by atoms with Gasteiger partial charge in [-0.15, -0.1) is 11.3 Å². The van der Waals surface area contributed by atoms with Crippen molar-refractivity contribution in [1.29, 1.82) is 0 Å². The number of benzene rings is 2. The van der Waals surface area contributed by atoms with Crippen molar-refractivity contribution in [2.75, 3.05) is 13.1 Å². The summed E-state index contributed by atoms with van der Waals surface area (Å²) in [6, 6.07) is 16.4. The zero-order valence-corrected chi connectivity index (χ0v) is 20.5. The summed E-state index contributed by atoms with van der Waals surface area (Å²) in [4.78, 5) is 22.7. The lowest BCUT2D eigenvalue weighted by atomic mass is 10.1. The topological polar surface area (TPSA) is 61.0 Å². The van der Waals surface area contributed by atoms with Gasteiger partial charge in [-0.05, 0) is 41.7 Å². The number of halogens is 1. The van der Waals surface area contributed by atoms with E-state index in [-0.39, 0.29) is 5.91 Å². The van der Waals surface area contributed by atoms with E-state index in [1.165, 1.54) is 27.8 Å². The minimum Gasteiger partial charge on any atom is -0.361 e. The normalized spacial score (nSPS) is 11.5. The molecule has 7 heteroatoms. The molecule has 0 aliphatic heterocycles. The molecule has 4 rings (SSSR count). The summed E-state index contributed by atoms with van der Waals surface area (Å²) in [7, 11) is 0. The molecular formula is C26H29ClN4OS. The van der Waals surface area contributed by atoms with Crippen LogP contribution in [0, 0.1) is 5.92 Å². The Balaban J connectivity index is 1.46. The predicted octanol–water partition coefficient (Wildman–Crippen LogP) is 5.91. The van der Waals surface area contributed by atoms with Gasteiger partial charge in [0.1, 0.15) is 10.7 Å². The van der Waals surface area contributed by atoms with Gasteiger partial charge in [-0.1, -0.05) is 55.8 Å².